The average Bonchev–Trinajstić information content (AvgIpc) is 2.74. The Balaban J connectivity index is 1.58. The van der Waals surface area contributed by atoms with Gasteiger partial charge in [-0.1, -0.05) is 6.42 Å². The number of anilines is 1. The van der Waals surface area contributed by atoms with Crippen molar-refractivity contribution in [3.8, 4) is 0 Å². The predicted octanol–water partition coefficient (Wildman–Crippen LogP) is 3.11. The number of sulfonamides is 1. The molecule has 2 aliphatic rings. The zero-order chi connectivity index (χ0) is 20.7. The molecule has 2 heterocycles. The van der Waals surface area contributed by atoms with Crippen LogP contribution in [0.3, 0.4) is 0 Å². The van der Waals surface area contributed by atoms with Crippen molar-refractivity contribution in [1.82, 2.24) is 4.31 Å². The second kappa shape index (κ2) is 10.3. The number of benzene rings is 1. The summed E-state index contributed by atoms with van der Waals surface area (Å²) in [6.45, 7) is 2.61. The van der Waals surface area contributed by atoms with E-state index in [1.54, 1.807) is 0 Å². The topological polar surface area (TPSA) is 111 Å². The van der Waals surface area contributed by atoms with E-state index >= 15 is 0 Å². The van der Waals surface area contributed by atoms with Gasteiger partial charge >= 0.3 is 0 Å². The Hall–Kier alpha value is -1.75. The van der Waals surface area contributed by atoms with Crippen molar-refractivity contribution in [3.05, 3.63) is 28.3 Å². The van der Waals surface area contributed by atoms with Crippen molar-refractivity contribution in [2.45, 2.75) is 56.1 Å². The molecule has 0 saturated carbocycles. The lowest BCUT2D eigenvalue weighted by atomic mass is 10.2. The van der Waals surface area contributed by atoms with E-state index in [2.05, 4.69) is 5.32 Å². The van der Waals surface area contributed by atoms with Gasteiger partial charge in [-0.15, -0.1) is 0 Å². The van der Waals surface area contributed by atoms with E-state index in [0.717, 1.165) is 51.2 Å². The summed E-state index contributed by atoms with van der Waals surface area (Å²) in [5, 5.41) is 14.5. The largest absolute Gasteiger partial charge is 0.379 e. The number of rotatable bonds is 9. The minimum atomic E-state index is -3.71. The molecule has 1 atom stereocenters. The van der Waals surface area contributed by atoms with Crippen molar-refractivity contribution in [2.75, 3.05) is 38.2 Å². The number of hydrogen-bond acceptors (Lipinski definition) is 7. The molecule has 0 radical (unpaired) electrons. The van der Waals surface area contributed by atoms with Crippen LogP contribution in [0.1, 0.15) is 44.9 Å². The standard InChI is InChI=1S/C19H29N3O6S/c23-22(24)18-15-16(29(25,26)21-11-3-1-4-12-21)8-9-17(18)20-10-6-14-28-19-7-2-5-13-27-19/h8-9,15,19-20H,1-7,10-14H2/t19-/m1/s1. The third-order valence-corrected chi connectivity index (χ3v) is 7.09. The smallest absolute Gasteiger partial charge is 0.293 e. The van der Waals surface area contributed by atoms with Crippen LogP contribution in [0.2, 0.25) is 0 Å². The molecule has 10 heteroatoms. The average molecular weight is 428 g/mol. The maximum Gasteiger partial charge on any atom is 0.293 e. The van der Waals surface area contributed by atoms with Crippen LogP contribution in [0.25, 0.3) is 0 Å². The SMILES string of the molecule is O=[N+]([O-])c1cc(S(=O)(=O)N2CCCCC2)ccc1NCCCO[C@@H]1CCCCO1. The first-order valence-electron chi connectivity index (χ1n) is 10.2. The van der Waals surface area contributed by atoms with Crippen LogP contribution in [0, 0.1) is 10.1 Å². The highest BCUT2D eigenvalue weighted by Crippen LogP contribution is 2.30. The lowest BCUT2D eigenvalue weighted by Gasteiger charge is -2.25. The van der Waals surface area contributed by atoms with E-state index in [-0.39, 0.29) is 16.9 Å². The molecule has 9 nitrogen and oxygen atoms in total. The monoisotopic (exact) mass is 427 g/mol. The van der Waals surface area contributed by atoms with Crippen molar-refractivity contribution in [2.24, 2.45) is 0 Å². The van der Waals surface area contributed by atoms with Crippen LogP contribution in [0.4, 0.5) is 11.4 Å². The third-order valence-electron chi connectivity index (χ3n) is 5.20. The molecule has 1 aromatic carbocycles. The fourth-order valence-electron chi connectivity index (χ4n) is 3.58. The van der Waals surface area contributed by atoms with Crippen LogP contribution in [-0.2, 0) is 19.5 Å². The number of piperidine rings is 1. The van der Waals surface area contributed by atoms with Gasteiger partial charge in [-0.3, -0.25) is 10.1 Å². The fraction of sp³-hybridized carbons (Fsp3) is 0.684. The summed E-state index contributed by atoms with van der Waals surface area (Å²) in [6, 6.07) is 4.06. The Morgan fingerprint density at radius 1 is 1.21 bits per heavy atom. The molecule has 29 heavy (non-hydrogen) atoms. The highest BCUT2D eigenvalue weighted by Gasteiger charge is 2.28. The quantitative estimate of drug-likeness (QED) is 0.366. The first-order chi connectivity index (χ1) is 14.0. The zero-order valence-corrected chi connectivity index (χ0v) is 17.4. The lowest BCUT2D eigenvalue weighted by molar-refractivity contribution is -0.384. The molecule has 2 aliphatic heterocycles. The third kappa shape index (κ3) is 5.88. The van der Waals surface area contributed by atoms with E-state index in [1.165, 1.54) is 16.4 Å². The number of nitro benzene ring substituents is 1. The summed E-state index contributed by atoms with van der Waals surface area (Å²) in [4.78, 5) is 10.9. The summed E-state index contributed by atoms with van der Waals surface area (Å²) >= 11 is 0. The van der Waals surface area contributed by atoms with E-state index in [0.29, 0.717) is 38.3 Å². The summed E-state index contributed by atoms with van der Waals surface area (Å²) in [5.41, 5.74) is 0.0705. The van der Waals surface area contributed by atoms with Gasteiger partial charge in [0.2, 0.25) is 10.0 Å². The number of hydrogen-bond donors (Lipinski definition) is 1. The molecule has 0 aromatic heterocycles. The molecule has 3 rings (SSSR count). The molecule has 0 spiro atoms. The maximum atomic E-state index is 12.8. The number of nitrogens with one attached hydrogen (secondary N) is 1. The van der Waals surface area contributed by atoms with E-state index in [4.69, 9.17) is 9.47 Å². The van der Waals surface area contributed by atoms with Crippen molar-refractivity contribution in [3.63, 3.8) is 0 Å². The van der Waals surface area contributed by atoms with E-state index in [1.807, 2.05) is 0 Å². The van der Waals surface area contributed by atoms with Gasteiger partial charge in [-0.05, 0) is 50.7 Å². The minimum absolute atomic E-state index is 0.0329. The van der Waals surface area contributed by atoms with Crippen LogP contribution in [-0.4, -0.2) is 56.8 Å². The molecular formula is C19H29N3O6S. The normalized spacial score (nSPS) is 21.0. The van der Waals surface area contributed by atoms with Gasteiger partial charge in [0.15, 0.2) is 6.29 Å². The second-order valence-corrected chi connectivity index (χ2v) is 9.29. The summed E-state index contributed by atoms with van der Waals surface area (Å²) < 4.78 is 38.1. The highest BCUT2D eigenvalue weighted by atomic mass is 32.2. The van der Waals surface area contributed by atoms with E-state index in [9.17, 15) is 18.5 Å². The Labute approximate surface area is 171 Å². The lowest BCUT2D eigenvalue weighted by Crippen LogP contribution is -2.35. The first kappa shape index (κ1) is 21.9. The number of nitrogens with zero attached hydrogens (tertiary/aromatic N) is 2. The fourth-order valence-corrected chi connectivity index (χ4v) is 5.12. The molecule has 0 bridgehead atoms. The zero-order valence-electron chi connectivity index (χ0n) is 16.5. The van der Waals surface area contributed by atoms with Gasteiger partial charge in [0.1, 0.15) is 5.69 Å². The summed E-state index contributed by atoms with van der Waals surface area (Å²) in [6.07, 6.45) is 6.19. The number of nitro groups is 1. The van der Waals surface area contributed by atoms with Crippen LogP contribution < -0.4 is 5.32 Å². The molecule has 162 valence electrons. The Morgan fingerprint density at radius 3 is 2.69 bits per heavy atom. The molecule has 0 aliphatic carbocycles. The number of ether oxygens (including phenoxy) is 2. The molecule has 0 amide bonds. The molecule has 2 saturated heterocycles. The van der Waals surface area contributed by atoms with Crippen LogP contribution in [0.5, 0.6) is 0 Å². The molecular weight excluding hydrogens is 398 g/mol. The Kier molecular flexibility index (Phi) is 7.82. The highest BCUT2D eigenvalue weighted by molar-refractivity contribution is 7.89. The summed E-state index contributed by atoms with van der Waals surface area (Å²) in [7, 11) is -3.71. The maximum absolute atomic E-state index is 12.8. The Morgan fingerprint density at radius 2 is 2.00 bits per heavy atom. The first-order valence-corrected chi connectivity index (χ1v) is 11.7. The minimum Gasteiger partial charge on any atom is -0.379 e. The van der Waals surface area contributed by atoms with Crippen molar-refractivity contribution < 1.29 is 22.8 Å². The molecule has 1 aromatic rings. The van der Waals surface area contributed by atoms with Gasteiger partial charge < -0.3 is 14.8 Å². The van der Waals surface area contributed by atoms with Gasteiger partial charge in [0.05, 0.1) is 16.4 Å². The van der Waals surface area contributed by atoms with Crippen LogP contribution in [0.15, 0.2) is 23.1 Å². The van der Waals surface area contributed by atoms with E-state index < -0.39 is 14.9 Å². The van der Waals surface area contributed by atoms with Gasteiger partial charge in [0, 0.05) is 32.3 Å². The molecule has 1 N–H and O–H groups in total. The van der Waals surface area contributed by atoms with Crippen molar-refractivity contribution in [1.29, 1.82) is 0 Å². The van der Waals surface area contributed by atoms with Gasteiger partial charge in [-0.2, -0.15) is 4.31 Å². The van der Waals surface area contributed by atoms with Gasteiger partial charge in [0.25, 0.3) is 5.69 Å². The summed E-state index contributed by atoms with van der Waals surface area (Å²) in [5.74, 6) is 0. The van der Waals surface area contributed by atoms with Crippen LogP contribution >= 0.6 is 0 Å². The van der Waals surface area contributed by atoms with Crippen molar-refractivity contribution >= 4 is 21.4 Å². The van der Waals surface area contributed by atoms with Gasteiger partial charge in [-0.25, -0.2) is 8.42 Å². The second-order valence-electron chi connectivity index (χ2n) is 7.35. The Bertz CT molecular complexity index is 789. The predicted molar refractivity (Wildman–Crippen MR) is 108 cm³/mol. The molecule has 0 unspecified atom stereocenters. The molecule has 2 fully saturated rings.